The molecule has 2 aromatic heterocycles. The second-order valence-electron chi connectivity index (χ2n) is 7.75. The number of benzene rings is 1. The van der Waals surface area contributed by atoms with Crippen molar-refractivity contribution in [2.75, 3.05) is 0 Å². The summed E-state index contributed by atoms with van der Waals surface area (Å²) in [6.45, 7) is 6.70. The van der Waals surface area contributed by atoms with Gasteiger partial charge in [0.2, 0.25) is 11.4 Å². The molecule has 0 aliphatic carbocycles. The topological polar surface area (TPSA) is 102 Å². The van der Waals surface area contributed by atoms with Crippen LogP contribution in [0.1, 0.15) is 35.4 Å². The van der Waals surface area contributed by atoms with Crippen molar-refractivity contribution in [2.24, 2.45) is 0 Å². The standard InChI is InChI=1S/C24H26N2.2BrH.3H2O/c1-17-7-3-11-21-23-19(9-5-15-25(17)21)13-14-20-10-6-16-26-18(2)8-4-12-22(26)24(20)23;;;;;/h3-4,7-8,11-14H,5-6,9-10,15-16H2,1-2H3;2*1H;3*1H2/q+2;;;;;/p-2. The van der Waals surface area contributed by atoms with E-state index in [4.69, 9.17) is 0 Å². The average Bonchev–Trinajstić information content (AvgIpc) is 2.95. The molecular formula is C24H32Br2N2O3. The van der Waals surface area contributed by atoms with Gasteiger partial charge in [0.05, 0.1) is 11.1 Å². The zero-order chi connectivity index (χ0) is 17.7. The van der Waals surface area contributed by atoms with E-state index >= 15 is 0 Å². The summed E-state index contributed by atoms with van der Waals surface area (Å²) in [5.74, 6) is 0. The molecule has 0 unspecified atom stereocenters. The Hall–Kier alpha value is -1.64. The van der Waals surface area contributed by atoms with Crippen LogP contribution in [0.25, 0.3) is 22.5 Å². The Labute approximate surface area is 205 Å². The van der Waals surface area contributed by atoms with Crippen molar-refractivity contribution in [3.63, 3.8) is 0 Å². The summed E-state index contributed by atoms with van der Waals surface area (Å²) in [6, 6.07) is 18.4. The fourth-order valence-corrected chi connectivity index (χ4v) is 4.87. The van der Waals surface area contributed by atoms with E-state index in [9.17, 15) is 0 Å². The third-order valence-corrected chi connectivity index (χ3v) is 6.16. The Bertz CT molecular complexity index is 959. The highest BCUT2D eigenvalue weighted by Gasteiger charge is 2.32. The van der Waals surface area contributed by atoms with E-state index in [-0.39, 0.29) is 50.4 Å². The summed E-state index contributed by atoms with van der Waals surface area (Å²) in [6.07, 6.45) is 4.75. The van der Waals surface area contributed by atoms with E-state index < -0.39 is 0 Å². The lowest BCUT2D eigenvalue weighted by molar-refractivity contribution is -0.693. The lowest BCUT2D eigenvalue weighted by Crippen LogP contribution is -3.00. The van der Waals surface area contributed by atoms with Crippen LogP contribution in [-0.4, -0.2) is 16.4 Å². The summed E-state index contributed by atoms with van der Waals surface area (Å²) in [4.78, 5) is 0. The Kier molecular flexibility index (Phi) is 11.2. The zero-order valence-corrected chi connectivity index (χ0v) is 21.2. The largest absolute Gasteiger partial charge is 1.00 e. The highest BCUT2D eigenvalue weighted by atomic mass is 79.9. The number of hydrogen-bond acceptors (Lipinski definition) is 0. The Morgan fingerprint density at radius 2 is 0.968 bits per heavy atom. The van der Waals surface area contributed by atoms with Crippen LogP contribution in [-0.2, 0) is 25.9 Å². The fraction of sp³-hybridized carbons (Fsp3) is 0.333. The third kappa shape index (κ3) is 4.91. The Morgan fingerprint density at radius 1 is 0.581 bits per heavy atom. The van der Waals surface area contributed by atoms with Crippen molar-refractivity contribution < 1.29 is 59.5 Å². The molecule has 0 fully saturated rings. The molecule has 0 saturated heterocycles. The maximum Gasteiger partial charge on any atom is 0.213 e. The molecule has 0 radical (unpaired) electrons. The van der Waals surface area contributed by atoms with E-state index in [1.165, 1.54) is 57.9 Å². The van der Waals surface area contributed by atoms with Gasteiger partial charge < -0.3 is 50.4 Å². The van der Waals surface area contributed by atoms with Crippen molar-refractivity contribution in [3.05, 3.63) is 71.0 Å². The first-order chi connectivity index (χ1) is 12.7. The summed E-state index contributed by atoms with van der Waals surface area (Å²) in [7, 11) is 0. The molecule has 2 aliphatic heterocycles. The molecule has 5 rings (SSSR count). The summed E-state index contributed by atoms with van der Waals surface area (Å²) in [5.41, 5.74) is 11.5. The van der Waals surface area contributed by atoms with E-state index in [0.29, 0.717) is 0 Å². The van der Waals surface area contributed by atoms with Gasteiger partial charge in [-0.25, -0.2) is 0 Å². The Balaban J connectivity index is 0.00000180. The van der Waals surface area contributed by atoms with Crippen molar-refractivity contribution in [1.29, 1.82) is 0 Å². The minimum Gasteiger partial charge on any atom is -1.00 e. The smallest absolute Gasteiger partial charge is 0.213 e. The van der Waals surface area contributed by atoms with E-state index in [1.54, 1.807) is 0 Å². The van der Waals surface area contributed by atoms with Crippen LogP contribution in [0.15, 0.2) is 48.5 Å². The number of pyridine rings is 2. The van der Waals surface area contributed by atoms with Crippen molar-refractivity contribution >= 4 is 0 Å². The molecule has 0 atom stereocenters. The molecule has 5 nitrogen and oxygen atoms in total. The number of hydrogen-bond donors (Lipinski definition) is 0. The molecule has 6 N–H and O–H groups in total. The molecule has 0 spiro atoms. The predicted molar refractivity (Wildman–Crippen MR) is 115 cm³/mol. The number of fused-ring (bicyclic) bond motifs is 7. The van der Waals surface area contributed by atoms with Crippen molar-refractivity contribution in [2.45, 2.75) is 52.6 Å². The molecule has 170 valence electrons. The fourth-order valence-electron chi connectivity index (χ4n) is 4.87. The number of aryl methyl sites for hydroxylation is 4. The molecule has 7 heteroatoms. The third-order valence-electron chi connectivity index (χ3n) is 6.16. The molecule has 2 aliphatic rings. The number of nitrogens with zero attached hydrogens (tertiary/aromatic N) is 2. The molecule has 4 heterocycles. The summed E-state index contributed by atoms with van der Waals surface area (Å²) >= 11 is 0. The summed E-state index contributed by atoms with van der Waals surface area (Å²) < 4.78 is 5.05. The first-order valence-electron chi connectivity index (χ1n) is 9.88. The van der Waals surface area contributed by atoms with Gasteiger partial charge in [-0.15, -0.1) is 0 Å². The highest BCUT2D eigenvalue weighted by molar-refractivity contribution is 5.83. The van der Waals surface area contributed by atoms with Gasteiger partial charge in [-0.1, -0.05) is 12.1 Å². The van der Waals surface area contributed by atoms with Crippen LogP contribution >= 0.6 is 0 Å². The van der Waals surface area contributed by atoms with Crippen LogP contribution in [0.4, 0.5) is 0 Å². The van der Waals surface area contributed by atoms with E-state index in [0.717, 1.165) is 25.9 Å². The van der Waals surface area contributed by atoms with Crippen molar-refractivity contribution in [3.8, 4) is 22.5 Å². The molecule has 0 saturated carbocycles. The molecular weight excluding hydrogens is 524 g/mol. The van der Waals surface area contributed by atoms with Gasteiger partial charge in [0, 0.05) is 51.0 Å². The van der Waals surface area contributed by atoms with E-state index in [2.05, 4.69) is 71.5 Å². The first kappa shape index (κ1) is 29.4. The molecule has 31 heavy (non-hydrogen) atoms. The lowest BCUT2D eigenvalue weighted by atomic mass is 9.89. The average molecular weight is 556 g/mol. The minimum atomic E-state index is 0. The molecule has 0 bridgehead atoms. The van der Waals surface area contributed by atoms with Gasteiger partial charge in [-0.3, -0.25) is 0 Å². The quantitative estimate of drug-likeness (QED) is 0.250. The van der Waals surface area contributed by atoms with Crippen LogP contribution in [0, 0.1) is 13.8 Å². The first-order valence-corrected chi connectivity index (χ1v) is 9.88. The SMILES string of the molecule is Cc1cccc2[n+]1CCCc1ccc3c(c1-2)-c1cccc(C)[n+]1CCC3.O.O.O.[Br-].[Br-]. The van der Waals surface area contributed by atoms with Gasteiger partial charge in [0.15, 0.2) is 11.4 Å². The normalized spacial score (nSPS) is 12.7. The maximum absolute atomic E-state index is 2.52. The van der Waals surface area contributed by atoms with Gasteiger partial charge >= 0.3 is 0 Å². The second kappa shape index (κ2) is 11.8. The number of rotatable bonds is 0. The van der Waals surface area contributed by atoms with Gasteiger partial charge in [-0.2, -0.15) is 9.13 Å². The lowest BCUT2D eigenvalue weighted by Gasteiger charge is -2.14. The maximum atomic E-state index is 2.52. The Morgan fingerprint density at radius 3 is 1.35 bits per heavy atom. The summed E-state index contributed by atoms with van der Waals surface area (Å²) in [5, 5.41) is 0. The number of halogens is 2. The molecule has 0 amide bonds. The van der Waals surface area contributed by atoms with Gasteiger partial charge in [0.25, 0.3) is 0 Å². The monoisotopic (exact) mass is 554 g/mol. The van der Waals surface area contributed by atoms with E-state index in [1.807, 2.05) is 0 Å². The minimum absolute atomic E-state index is 0. The highest BCUT2D eigenvalue weighted by Crippen LogP contribution is 2.38. The van der Waals surface area contributed by atoms with Crippen LogP contribution in [0.5, 0.6) is 0 Å². The number of aromatic nitrogens is 2. The van der Waals surface area contributed by atoms with Crippen LogP contribution < -0.4 is 43.1 Å². The second-order valence-corrected chi connectivity index (χ2v) is 7.75. The van der Waals surface area contributed by atoms with Crippen LogP contribution in [0.3, 0.4) is 0 Å². The zero-order valence-electron chi connectivity index (χ0n) is 18.0. The molecule has 3 aromatic rings. The molecule has 1 aromatic carbocycles. The van der Waals surface area contributed by atoms with Gasteiger partial charge in [-0.05, 0) is 36.1 Å². The van der Waals surface area contributed by atoms with Crippen molar-refractivity contribution in [1.82, 2.24) is 0 Å². The predicted octanol–water partition coefficient (Wildman–Crippen LogP) is -4.36. The van der Waals surface area contributed by atoms with Gasteiger partial charge in [0.1, 0.15) is 13.1 Å². The van der Waals surface area contributed by atoms with Crippen LogP contribution in [0.2, 0.25) is 0 Å².